The smallest absolute Gasteiger partial charge is 0.115 e. The lowest BCUT2D eigenvalue weighted by molar-refractivity contribution is 0.412. The summed E-state index contributed by atoms with van der Waals surface area (Å²) in [5.41, 5.74) is 4.07. The summed E-state index contributed by atoms with van der Waals surface area (Å²) in [6.45, 7) is 6.63. The fourth-order valence-corrected chi connectivity index (χ4v) is 4.47. The van der Waals surface area contributed by atoms with E-state index in [0.717, 1.165) is 6.42 Å². The second-order valence-electron chi connectivity index (χ2n) is 6.08. The number of fused-ring (bicyclic) bond motifs is 1. The summed E-state index contributed by atoms with van der Waals surface area (Å²) in [5.74, 6) is 0.381. The van der Waals surface area contributed by atoms with Crippen molar-refractivity contribution in [3.63, 3.8) is 0 Å². The number of aryl methyl sites for hydroxylation is 3. The van der Waals surface area contributed by atoms with E-state index in [1.54, 1.807) is 0 Å². The van der Waals surface area contributed by atoms with Gasteiger partial charge in [-0.05, 0) is 74.9 Å². The lowest BCUT2D eigenvalue weighted by Crippen LogP contribution is -2.27. The van der Waals surface area contributed by atoms with Gasteiger partial charge in [0.2, 0.25) is 0 Å². The summed E-state index contributed by atoms with van der Waals surface area (Å²) in [4.78, 5) is 2.79. The number of thiophene rings is 1. The van der Waals surface area contributed by atoms with Crippen LogP contribution in [0.15, 0.2) is 24.3 Å². The van der Waals surface area contributed by atoms with E-state index in [1.807, 2.05) is 23.5 Å². The molecule has 0 saturated heterocycles. The summed E-state index contributed by atoms with van der Waals surface area (Å²) in [5, 5.41) is 13.4. The van der Waals surface area contributed by atoms with E-state index in [2.05, 4.69) is 38.2 Å². The summed E-state index contributed by atoms with van der Waals surface area (Å²) in [7, 11) is 0. The predicted molar refractivity (Wildman–Crippen MR) is 89.1 cm³/mol. The molecule has 2 N–H and O–H groups in total. The standard InChI is InChI=1S/C18H23NOS/c1-11-9-17(13(3)21-11)12(2)19-18-6-4-5-14-10-15(20)7-8-16(14)18/h7-10,12,18-20H,4-6H2,1-3H3. The topological polar surface area (TPSA) is 32.3 Å². The molecule has 21 heavy (non-hydrogen) atoms. The normalized spacial score (nSPS) is 19.3. The van der Waals surface area contributed by atoms with E-state index in [-0.39, 0.29) is 0 Å². The van der Waals surface area contributed by atoms with Gasteiger partial charge >= 0.3 is 0 Å². The number of hydrogen-bond acceptors (Lipinski definition) is 3. The summed E-state index contributed by atoms with van der Waals surface area (Å²) in [6, 6.07) is 8.87. The van der Waals surface area contributed by atoms with Crippen molar-refractivity contribution in [2.75, 3.05) is 0 Å². The molecular weight excluding hydrogens is 278 g/mol. The number of aromatic hydroxyl groups is 1. The first-order valence-electron chi connectivity index (χ1n) is 7.69. The van der Waals surface area contributed by atoms with Crippen LogP contribution in [0.3, 0.4) is 0 Å². The molecule has 1 aromatic carbocycles. The highest BCUT2D eigenvalue weighted by molar-refractivity contribution is 7.12. The van der Waals surface area contributed by atoms with Gasteiger partial charge in [0.05, 0.1) is 0 Å². The molecule has 1 aromatic heterocycles. The second kappa shape index (κ2) is 5.82. The number of hydrogen-bond donors (Lipinski definition) is 2. The fourth-order valence-electron chi connectivity index (χ4n) is 3.45. The third kappa shape index (κ3) is 2.99. The molecule has 112 valence electrons. The maximum absolute atomic E-state index is 9.65. The first-order valence-corrected chi connectivity index (χ1v) is 8.51. The van der Waals surface area contributed by atoms with Crippen LogP contribution in [0.5, 0.6) is 5.75 Å². The average Bonchev–Trinajstić information content (AvgIpc) is 2.77. The molecule has 0 radical (unpaired) electrons. The van der Waals surface area contributed by atoms with Gasteiger partial charge in [0, 0.05) is 21.8 Å². The zero-order valence-corrected chi connectivity index (χ0v) is 13.8. The highest BCUT2D eigenvalue weighted by Gasteiger charge is 2.23. The van der Waals surface area contributed by atoms with Crippen LogP contribution in [-0.4, -0.2) is 5.11 Å². The quantitative estimate of drug-likeness (QED) is 0.853. The Balaban J connectivity index is 1.82. The van der Waals surface area contributed by atoms with Gasteiger partial charge in [-0.1, -0.05) is 6.07 Å². The molecule has 2 unspecified atom stereocenters. The van der Waals surface area contributed by atoms with Crippen molar-refractivity contribution in [1.29, 1.82) is 0 Å². The molecule has 2 atom stereocenters. The van der Waals surface area contributed by atoms with Crippen molar-refractivity contribution in [3.8, 4) is 5.75 Å². The van der Waals surface area contributed by atoms with Crippen LogP contribution in [0, 0.1) is 13.8 Å². The zero-order chi connectivity index (χ0) is 15.0. The fraction of sp³-hybridized carbons (Fsp3) is 0.444. The minimum atomic E-state index is 0.361. The highest BCUT2D eigenvalue weighted by Crippen LogP contribution is 2.35. The van der Waals surface area contributed by atoms with Crippen LogP contribution >= 0.6 is 11.3 Å². The molecule has 0 amide bonds. The van der Waals surface area contributed by atoms with Crippen LogP contribution < -0.4 is 5.32 Å². The maximum Gasteiger partial charge on any atom is 0.115 e. The van der Waals surface area contributed by atoms with Gasteiger partial charge in [-0.15, -0.1) is 11.3 Å². The summed E-state index contributed by atoms with van der Waals surface area (Å²) >= 11 is 1.87. The number of phenols is 1. The SMILES string of the molecule is Cc1cc(C(C)NC2CCCc3cc(O)ccc32)c(C)s1. The molecule has 2 nitrogen and oxygen atoms in total. The second-order valence-corrected chi connectivity index (χ2v) is 7.55. The van der Waals surface area contributed by atoms with Crippen molar-refractivity contribution < 1.29 is 5.11 Å². The Labute approximate surface area is 130 Å². The molecule has 3 rings (SSSR count). The van der Waals surface area contributed by atoms with Gasteiger partial charge in [-0.25, -0.2) is 0 Å². The molecule has 1 heterocycles. The lowest BCUT2D eigenvalue weighted by Gasteiger charge is -2.29. The molecule has 0 fully saturated rings. The van der Waals surface area contributed by atoms with Crippen LogP contribution in [0.4, 0.5) is 0 Å². The van der Waals surface area contributed by atoms with Crippen molar-refractivity contribution in [2.24, 2.45) is 0 Å². The van der Waals surface area contributed by atoms with Crippen molar-refractivity contribution in [2.45, 2.75) is 52.1 Å². The van der Waals surface area contributed by atoms with E-state index < -0.39 is 0 Å². The van der Waals surface area contributed by atoms with Crippen molar-refractivity contribution in [1.82, 2.24) is 5.32 Å². The van der Waals surface area contributed by atoms with Gasteiger partial charge in [0.1, 0.15) is 5.75 Å². The Morgan fingerprint density at radius 2 is 2.10 bits per heavy atom. The Hall–Kier alpha value is -1.32. The third-order valence-electron chi connectivity index (χ3n) is 4.44. The van der Waals surface area contributed by atoms with Crippen molar-refractivity contribution in [3.05, 3.63) is 50.7 Å². The van der Waals surface area contributed by atoms with Crippen LogP contribution in [0.1, 0.15) is 58.3 Å². The Bertz CT molecular complexity index is 647. The van der Waals surface area contributed by atoms with E-state index in [9.17, 15) is 5.11 Å². The maximum atomic E-state index is 9.65. The molecular formula is C18H23NOS. The van der Waals surface area contributed by atoms with Crippen LogP contribution in [-0.2, 0) is 6.42 Å². The van der Waals surface area contributed by atoms with E-state index >= 15 is 0 Å². The lowest BCUT2D eigenvalue weighted by atomic mass is 9.87. The third-order valence-corrected chi connectivity index (χ3v) is 5.42. The Kier molecular flexibility index (Phi) is 4.05. The minimum Gasteiger partial charge on any atom is -0.508 e. The summed E-state index contributed by atoms with van der Waals surface area (Å²) < 4.78 is 0. The number of benzene rings is 1. The Morgan fingerprint density at radius 1 is 1.29 bits per heavy atom. The van der Waals surface area contributed by atoms with Crippen LogP contribution in [0.25, 0.3) is 0 Å². The Morgan fingerprint density at radius 3 is 2.81 bits per heavy atom. The molecule has 0 spiro atoms. The zero-order valence-electron chi connectivity index (χ0n) is 12.9. The molecule has 0 bridgehead atoms. The number of rotatable bonds is 3. The largest absolute Gasteiger partial charge is 0.508 e. The molecule has 1 aliphatic carbocycles. The van der Waals surface area contributed by atoms with E-state index in [4.69, 9.17) is 0 Å². The molecule has 3 heteroatoms. The predicted octanol–water partition coefficient (Wildman–Crippen LogP) is 4.80. The number of phenolic OH excluding ortho intramolecular Hbond substituents is 1. The van der Waals surface area contributed by atoms with Gasteiger partial charge in [0.25, 0.3) is 0 Å². The van der Waals surface area contributed by atoms with Gasteiger partial charge in [-0.3, -0.25) is 0 Å². The minimum absolute atomic E-state index is 0.361. The van der Waals surface area contributed by atoms with Crippen LogP contribution in [0.2, 0.25) is 0 Å². The van der Waals surface area contributed by atoms with Gasteiger partial charge in [0.15, 0.2) is 0 Å². The number of nitrogens with one attached hydrogen (secondary N) is 1. The molecule has 1 aliphatic rings. The van der Waals surface area contributed by atoms with E-state index in [0.29, 0.717) is 17.8 Å². The van der Waals surface area contributed by atoms with Gasteiger partial charge in [-0.2, -0.15) is 0 Å². The molecule has 0 aliphatic heterocycles. The molecule has 0 saturated carbocycles. The monoisotopic (exact) mass is 301 g/mol. The highest BCUT2D eigenvalue weighted by atomic mass is 32.1. The first kappa shape index (κ1) is 14.6. The molecule has 2 aromatic rings. The summed E-state index contributed by atoms with van der Waals surface area (Å²) in [6.07, 6.45) is 3.43. The average molecular weight is 301 g/mol. The van der Waals surface area contributed by atoms with Crippen molar-refractivity contribution >= 4 is 11.3 Å². The first-order chi connectivity index (χ1) is 10.0. The van der Waals surface area contributed by atoms with Gasteiger partial charge < -0.3 is 10.4 Å². The van der Waals surface area contributed by atoms with E-state index in [1.165, 1.54) is 39.3 Å².